The number of phenolic OH excluding ortho intramolecular Hbond substituents is 1. The zero-order valence-electron chi connectivity index (χ0n) is 12.5. The first kappa shape index (κ1) is 17.0. The zero-order valence-corrected chi connectivity index (χ0v) is 14.1. The van der Waals surface area contributed by atoms with Crippen LogP contribution in [0.25, 0.3) is 11.0 Å². The molecule has 0 bridgehead atoms. The summed E-state index contributed by atoms with van der Waals surface area (Å²) in [6.45, 7) is 0. The maximum atomic E-state index is 12.6. The molecule has 0 spiro atoms. The summed E-state index contributed by atoms with van der Waals surface area (Å²) in [7, 11) is 1.22. The van der Waals surface area contributed by atoms with Crippen LogP contribution in [-0.4, -0.2) is 32.9 Å². The Morgan fingerprint density at radius 3 is 2.60 bits per heavy atom. The summed E-state index contributed by atoms with van der Waals surface area (Å²) < 4.78 is 4.88. The van der Waals surface area contributed by atoms with Gasteiger partial charge in [-0.15, -0.1) is 0 Å². The normalized spacial score (nSPS) is 10.8. The van der Waals surface area contributed by atoms with E-state index in [1.165, 1.54) is 25.3 Å². The lowest BCUT2D eigenvalue weighted by Crippen LogP contribution is -2.05. The number of methoxy groups -OCH3 is 1. The smallest absolute Gasteiger partial charge is 0.315 e. The summed E-state index contributed by atoms with van der Waals surface area (Å²) in [5, 5.41) is 21.4. The Labute approximate surface area is 150 Å². The van der Waals surface area contributed by atoms with Gasteiger partial charge in [0.15, 0.2) is 11.6 Å². The number of nitrogens with one attached hydrogen (secondary N) is 1. The number of hydrogen-bond donors (Lipinski definition) is 2. The fraction of sp³-hybridized carbons (Fsp3) is 0.0667. The fourth-order valence-corrected chi connectivity index (χ4v) is 2.59. The van der Waals surface area contributed by atoms with Crippen molar-refractivity contribution in [1.82, 2.24) is 9.97 Å². The van der Waals surface area contributed by atoms with Crippen LogP contribution in [-0.2, 0) is 0 Å². The van der Waals surface area contributed by atoms with Crippen molar-refractivity contribution in [3.63, 3.8) is 0 Å². The molecule has 3 rings (SSSR count). The topological polar surface area (TPSA) is 118 Å². The predicted molar refractivity (Wildman–Crippen MR) is 90.9 cm³/mol. The third-order valence-electron chi connectivity index (χ3n) is 3.47. The second kappa shape index (κ2) is 6.23. The van der Waals surface area contributed by atoms with Gasteiger partial charge >= 0.3 is 5.69 Å². The van der Waals surface area contributed by atoms with Crippen LogP contribution in [0.4, 0.5) is 5.69 Å². The Morgan fingerprint density at radius 1 is 1.28 bits per heavy atom. The maximum absolute atomic E-state index is 12.6. The van der Waals surface area contributed by atoms with E-state index in [1.807, 2.05) is 0 Å². The first-order valence-corrected chi connectivity index (χ1v) is 7.52. The molecule has 2 N–H and O–H groups in total. The molecular formula is C15H9Cl2N3O5. The highest BCUT2D eigenvalue weighted by Crippen LogP contribution is 2.37. The summed E-state index contributed by atoms with van der Waals surface area (Å²) in [4.78, 5) is 29.8. The van der Waals surface area contributed by atoms with Crippen molar-refractivity contribution in [2.45, 2.75) is 0 Å². The number of benzene rings is 2. The molecule has 1 aromatic heterocycles. The lowest BCUT2D eigenvalue weighted by molar-refractivity contribution is -0.386. The second-order valence-corrected chi connectivity index (χ2v) is 5.82. The minimum absolute atomic E-state index is 0.0598. The number of hydrogen-bond acceptors (Lipinski definition) is 6. The van der Waals surface area contributed by atoms with Crippen molar-refractivity contribution in [2.75, 3.05) is 7.11 Å². The highest BCUT2D eigenvalue weighted by atomic mass is 35.5. The number of imidazole rings is 1. The number of rotatable bonds is 4. The van der Waals surface area contributed by atoms with Gasteiger partial charge in [0.05, 0.1) is 33.1 Å². The molecule has 0 fully saturated rings. The number of nitro groups is 1. The highest BCUT2D eigenvalue weighted by molar-refractivity contribution is 6.42. The number of aromatic hydroxyl groups is 1. The molecule has 0 aliphatic heterocycles. The molecule has 0 aliphatic carbocycles. The number of ether oxygens (including phenoxy) is 1. The Kier molecular flexibility index (Phi) is 4.23. The van der Waals surface area contributed by atoms with Crippen LogP contribution >= 0.6 is 23.2 Å². The minimum Gasteiger partial charge on any atom is -0.500 e. The monoisotopic (exact) mass is 381 g/mol. The first-order chi connectivity index (χ1) is 11.8. The number of nitrogens with zero attached hydrogens (tertiary/aromatic N) is 2. The van der Waals surface area contributed by atoms with Crippen molar-refractivity contribution < 1.29 is 19.6 Å². The van der Waals surface area contributed by atoms with Crippen LogP contribution in [0.15, 0.2) is 24.3 Å². The van der Waals surface area contributed by atoms with Gasteiger partial charge < -0.3 is 14.8 Å². The quantitative estimate of drug-likeness (QED) is 0.403. The standard InChI is InChI=1S/C15H9Cl2N3O5/c1-25-12-3-6(2-11(14(12)22)20(23)24)13(21)15-18-9-4-7(16)8(17)5-10(9)19-15/h2-5,22H,1H3,(H,18,19). The lowest BCUT2D eigenvalue weighted by Gasteiger charge is -2.06. The van der Waals surface area contributed by atoms with E-state index in [-0.39, 0.29) is 22.2 Å². The third kappa shape index (κ3) is 2.97. The fourth-order valence-electron chi connectivity index (χ4n) is 2.27. The molecule has 0 amide bonds. The van der Waals surface area contributed by atoms with E-state index < -0.39 is 22.1 Å². The van der Waals surface area contributed by atoms with Crippen molar-refractivity contribution in [1.29, 1.82) is 0 Å². The van der Waals surface area contributed by atoms with Gasteiger partial charge in [-0.3, -0.25) is 14.9 Å². The highest BCUT2D eigenvalue weighted by Gasteiger charge is 2.24. The zero-order chi connectivity index (χ0) is 18.3. The number of phenols is 1. The van der Waals surface area contributed by atoms with Crippen molar-refractivity contribution >= 4 is 45.7 Å². The van der Waals surface area contributed by atoms with Crippen LogP contribution in [0.5, 0.6) is 11.5 Å². The van der Waals surface area contributed by atoms with Crippen LogP contribution in [0.3, 0.4) is 0 Å². The van der Waals surface area contributed by atoms with Gasteiger partial charge in [-0.2, -0.15) is 0 Å². The van der Waals surface area contributed by atoms with E-state index in [4.69, 9.17) is 27.9 Å². The molecule has 0 aliphatic rings. The Hall–Kier alpha value is -2.84. The number of aromatic nitrogens is 2. The van der Waals surface area contributed by atoms with Gasteiger partial charge in [0, 0.05) is 11.6 Å². The number of nitro benzene ring substituents is 1. The molecule has 0 saturated heterocycles. The van der Waals surface area contributed by atoms with Crippen LogP contribution in [0.1, 0.15) is 16.2 Å². The summed E-state index contributed by atoms with van der Waals surface area (Å²) >= 11 is 11.8. The summed E-state index contributed by atoms with van der Waals surface area (Å²) in [5.41, 5.74) is 0.179. The number of ketones is 1. The van der Waals surface area contributed by atoms with Gasteiger partial charge in [-0.25, -0.2) is 4.98 Å². The number of aromatic amines is 1. The van der Waals surface area contributed by atoms with Crippen molar-refractivity contribution in [3.05, 3.63) is 55.8 Å². The molecule has 0 saturated carbocycles. The van der Waals surface area contributed by atoms with Gasteiger partial charge in [0.2, 0.25) is 11.5 Å². The summed E-state index contributed by atoms with van der Waals surface area (Å²) in [6.07, 6.45) is 0. The largest absolute Gasteiger partial charge is 0.500 e. The van der Waals surface area contributed by atoms with Gasteiger partial charge in [-0.05, 0) is 18.2 Å². The maximum Gasteiger partial charge on any atom is 0.315 e. The molecule has 8 nitrogen and oxygen atoms in total. The molecule has 10 heteroatoms. The molecule has 3 aromatic rings. The van der Waals surface area contributed by atoms with Gasteiger partial charge in [0.25, 0.3) is 0 Å². The molecule has 25 heavy (non-hydrogen) atoms. The van der Waals surface area contributed by atoms with E-state index >= 15 is 0 Å². The van der Waals surface area contributed by atoms with E-state index in [0.29, 0.717) is 16.1 Å². The Balaban J connectivity index is 2.12. The molecule has 128 valence electrons. The predicted octanol–water partition coefficient (Wildman–Crippen LogP) is 3.72. The Bertz CT molecular complexity index is 993. The molecule has 1 heterocycles. The molecular weight excluding hydrogens is 373 g/mol. The number of fused-ring (bicyclic) bond motifs is 1. The number of H-pyrrole nitrogens is 1. The summed E-state index contributed by atoms with van der Waals surface area (Å²) in [6, 6.07) is 5.15. The summed E-state index contributed by atoms with van der Waals surface area (Å²) in [5.74, 6) is -1.54. The average Bonchev–Trinajstić information content (AvgIpc) is 2.97. The van der Waals surface area contributed by atoms with Crippen molar-refractivity contribution in [2.24, 2.45) is 0 Å². The van der Waals surface area contributed by atoms with Crippen LogP contribution < -0.4 is 4.74 Å². The molecule has 0 unspecified atom stereocenters. The third-order valence-corrected chi connectivity index (χ3v) is 4.19. The van der Waals surface area contributed by atoms with E-state index in [1.54, 1.807) is 0 Å². The van der Waals surface area contributed by atoms with E-state index in [0.717, 1.165) is 6.07 Å². The van der Waals surface area contributed by atoms with E-state index in [9.17, 15) is 20.0 Å². The molecule has 2 aromatic carbocycles. The van der Waals surface area contributed by atoms with Gasteiger partial charge in [0.1, 0.15) is 0 Å². The Morgan fingerprint density at radius 2 is 1.96 bits per heavy atom. The first-order valence-electron chi connectivity index (χ1n) is 6.76. The van der Waals surface area contributed by atoms with Gasteiger partial charge in [-0.1, -0.05) is 23.2 Å². The number of carbonyl (C=O) groups excluding carboxylic acids is 1. The minimum atomic E-state index is -0.813. The average molecular weight is 382 g/mol. The van der Waals surface area contributed by atoms with Crippen LogP contribution in [0, 0.1) is 10.1 Å². The molecule has 0 radical (unpaired) electrons. The van der Waals surface area contributed by atoms with Crippen molar-refractivity contribution in [3.8, 4) is 11.5 Å². The number of halogens is 2. The molecule has 0 atom stereocenters. The lowest BCUT2D eigenvalue weighted by atomic mass is 10.1. The number of carbonyl (C=O) groups is 1. The van der Waals surface area contributed by atoms with Crippen LogP contribution in [0.2, 0.25) is 10.0 Å². The SMILES string of the molecule is COc1cc(C(=O)c2nc3cc(Cl)c(Cl)cc3[nH]2)cc([N+](=O)[O-])c1O. The van der Waals surface area contributed by atoms with E-state index in [2.05, 4.69) is 9.97 Å². The second-order valence-electron chi connectivity index (χ2n) is 5.00.